The van der Waals surface area contributed by atoms with Gasteiger partial charge in [0, 0.05) is 17.7 Å². The van der Waals surface area contributed by atoms with Crippen molar-refractivity contribution < 1.29 is 4.43 Å². The van der Waals surface area contributed by atoms with Crippen LogP contribution in [0, 0.1) is 17.8 Å². The molecule has 0 saturated heterocycles. The number of rotatable bonds is 4. The second-order valence-corrected chi connectivity index (χ2v) is 13.4. The van der Waals surface area contributed by atoms with Gasteiger partial charge in [0.2, 0.25) is 0 Å². The monoisotopic (exact) mass is 327 g/mol. The number of hydrogen-bond donors (Lipinski definition) is 0. The maximum Gasteiger partial charge on any atom is 0.192 e. The summed E-state index contributed by atoms with van der Waals surface area (Å²) in [6.07, 6.45) is 7.19. The third-order valence-corrected chi connectivity index (χ3v) is 9.86. The topological polar surface area (TPSA) is 22.1 Å². The fourth-order valence-corrected chi connectivity index (χ4v) is 3.24. The maximum absolute atomic E-state index is 6.32. The maximum atomic E-state index is 6.32. The van der Waals surface area contributed by atoms with Crippen LogP contribution in [0.5, 0.6) is 0 Å². The average Bonchev–Trinajstić information content (AvgIpc) is 3.36. The van der Waals surface area contributed by atoms with Crippen molar-refractivity contribution in [2.24, 2.45) is 5.92 Å². The first-order valence-electron chi connectivity index (χ1n) is 8.90. The molecule has 0 unspecified atom stereocenters. The van der Waals surface area contributed by atoms with Crippen molar-refractivity contribution in [3.63, 3.8) is 0 Å². The lowest BCUT2D eigenvalue weighted by Gasteiger charge is -2.36. The van der Waals surface area contributed by atoms with Gasteiger partial charge in [-0.15, -0.1) is 0 Å². The van der Waals surface area contributed by atoms with Gasteiger partial charge in [0.15, 0.2) is 8.32 Å². The minimum Gasteiger partial charge on any atom is -0.411 e. The van der Waals surface area contributed by atoms with Crippen molar-refractivity contribution in [3.05, 3.63) is 29.1 Å². The van der Waals surface area contributed by atoms with Crippen LogP contribution in [0.25, 0.3) is 0 Å². The zero-order valence-electron chi connectivity index (χ0n) is 15.2. The Bertz CT molecular complexity index is 640. The standard InChI is InChI=1S/C20H29NOSi/c1-20(2,3)23(4,5)22-14-18-12-17(9-8-15-6-7-15)19(13-21-18)16-10-11-16/h12-13,15-16H,6-7,10-11,14H2,1-5H3. The Kier molecular flexibility index (Phi) is 4.42. The lowest BCUT2D eigenvalue weighted by atomic mass is 10.1. The molecule has 1 aromatic heterocycles. The van der Waals surface area contributed by atoms with Gasteiger partial charge in [-0.05, 0) is 61.4 Å². The molecular weight excluding hydrogens is 298 g/mol. The van der Waals surface area contributed by atoms with Gasteiger partial charge in [-0.3, -0.25) is 4.98 Å². The summed E-state index contributed by atoms with van der Waals surface area (Å²) < 4.78 is 6.32. The van der Waals surface area contributed by atoms with Gasteiger partial charge in [0.05, 0.1) is 12.3 Å². The lowest BCUT2D eigenvalue weighted by molar-refractivity contribution is 0.272. The van der Waals surface area contributed by atoms with E-state index >= 15 is 0 Å². The second kappa shape index (κ2) is 6.07. The molecule has 0 N–H and O–H groups in total. The second-order valence-electron chi connectivity index (χ2n) is 8.63. The highest BCUT2D eigenvalue weighted by Gasteiger charge is 2.37. The number of nitrogens with zero attached hydrogens (tertiary/aromatic N) is 1. The van der Waals surface area contributed by atoms with Gasteiger partial charge in [-0.2, -0.15) is 0 Å². The molecule has 0 radical (unpaired) electrons. The quantitative estimate of drug-likeness (QED) is 0.557. The van der Waals surface area contributed by atoms with E-state index in [4.69, 9.17) is 4.43 Å². The van der Waals surface area contributed by atoms with Gasteiger partial charge in [0.1, 0.15) is 0 Å². The van der Waals surface area contributed by atoms with Crippen molar-refractivity contribution in [2.75, 3.05) is 0 Å². The first-order chi connectivity index (χ1) is 10.8. The fraction of sp³-hybridized carbons (Fsp3) is 0.650. The first-order valence-corrected chi connectivity index (χ1v) is 11.8. The van der Waals surface area contributed by atoms with E-state index < -0.39 is 8.32 Å². The van der Waals surface area contributed by atoms with Crippen LogP contribution >= 0.6 is 0 Å². The molecule has 23 heavy (non-hydrogen) atoms. The summed E-state index contributed by atoms with van der Waals surface area (Å²) in [5.41, 5.74) is 3.58. The molecule has 2 aliphatic rings. The van der Waals surface area contributed by atoms with E-state index in [0.29, 0.717) is 18.4 Å². The predicted molar refractivity (Wildman–Crippen MR) is 97.8 cm³/mol. The van der Waals surface area contributed by atoms with Crippen molar-refractivity contribution >= 4 is 8.32 Å². The van der Waals surface area contributed by atoms with E-state index in [0.717, 1.165) is 5.69 Å². The molecule has 1 aromatic rings. The first kappa shape index (κ1) is 16.7. The number of aromatic nitrogens is 1. The molecular formula is C20H29NOSi. The van der Waals surface area contributed by atoms with Crippen LogP contribution in [0.3, 0.4) is 0 Å². The van der Waals surface area contributed by atoms with Gasteiger partial charge in [-0.1, -0.05) is 32.6 Å². The highest BCUT2D eigenvalue weighted by Crippen LogP contribution is 2.42. The Labute approximate surface area is 142 Å². The van der Waals surface area contributed by atoms with E-state index in [1.165, 1.54) is 36.8 Å². The van der Waals surface area contributed by atoms with Gasteiger partial charge in [-0.25, -0.2) is 0 Å². The summed E-state index contributed by atoms with van der Waals surface area (Å²) >= 11 is 0. The lowest BCUT2D eigenvalue weighted by Crippen LogP contribution is -2.40. The molecule has 2 nitrogen and oxygen atoms in total. The van der Waals surface area contributed by atoms with Crippen LogP contribution in [-0.2, 0) is 11.0 Å². The summed E-state index contributed by atoms with van der Waals surface area (Å²) in [4.78, 5) is 4.66. The molecule has 0 aliphatic heterocycles. The normalized spacial score (nSPS) is 18.5. The van der Waals surface area contributed by atoms with Crippen molar-refractivity contribution in [1.29, 1.82) is 0 Å². The highest BCUT2D eigenvalue weighted by molar-refractivity contribution is 6.74. The molecule has 2 saturated carbocycles. The third-order valence-electron chi connectivity index (χ3n) is 5.38. The van der Waals surface area contributed by atoms with Crippen LogP contribution in [0.1, 0.15) is 69.2 Å². The summed E-state index contributed by atoms with van der Waals surface area (Å²) in [7, 11) is -1.73. The minimum absolute atomic E-state index is 0.232. The SMILES string of the molecule is CC(C)(C)[Si](C)(C)OCc1cc(C#CC2CC2)c(C2CC2)cn1. The fourth-order valence-electron chi connectivity index (χ4n) is 2.29. The van der Waals surface area contributed by atoms with Crippen molar-refractivity contribution in [2.45, 2.75) is 77.1 Å². The summed E-state index contributed by atoms with van der Waals surface area (Å²) in [5.74, 6) is 8.18. The summed E-state index contributed by atoms with van der Waals surface area (Å²) in [6, 6.07) is 2.18. The smallest absolute Gasteiger partial charge is 0.192 e. The molecule has 0 aromatic carbocycles. The van der Waals surface area contributed by atoms with E-state index in [2.05, 4.69) is 63.0 Å². The van der Waals surface area contributed by atoms with Crippen molar-refractivity contribution in [1.82, 2.24) is 4.98 Å². The molecule has 124 valence electrons. The predicted octanol–water partition coefficient (Wildman–Crippen LogP) is 5.24. The molecule has 2 fully saturated rings. The zero-order chi connectivity index (χ0) is 16.7. The minimum atomic E-state index is -1.73. The Hall–Kier alpha value is -1.11. The van der Waals surface area contributed by atoms with Crippen LogP contribution in [0.2, 0.25) is 18.1 Å². The largest absolute Gasteiger partial charge is 0.411 e. The molecule has 0 bridgehead atoms. The third kappa shape index (κ3) is 4.25. The Balaban J connectivity index is 1.75. The van der Waals surface area contributed by atoms with Crippen molar-refractivity contribution in [3.8, 4) is 11.8 Å². The summed E-state index contributed by atoms with van der Waals surface area (Å²) in [5, 5.41) is 0.232. The molecule has 3 heteroatoms. The van der Waals surface area contributed by atoms with Crippen LogP contribution in [0.15, 0.2) is 12.3 Å². The van der Waals surface area contributed by atoms with Crippen LogP contribution in [0.4, 0.5) is 0 Å². The molecule has 0 spiro atoms. The Morgan fingerprint density at radius 3 is 2.48 bits per heavy atom. The molecule has 1 heterocycles. The van der Waals surface area contributed by atoms with Crippen LogP contribution < -0.4 is 0 Å². The molecule has 2 aliphatic carbocycles. The van der Waals surface area contributed by atoms with E-state index in [-0.39, 0.29) is 5.04 Å². The van der Waals surface area contributed by atoms with Gasteiger partial charge >= 0.3 is 0 Å². The molecule has 0 atom stereocenters. The zero-order valence-corrected chi connectivity index (χ0v) is 16.2. The van der Waals surface area contributed by atoms with Crippen LogP contribution in [-0.4, -0.2) is 13.3 Å². The number of hydrogen-bond acceptors (Lipinski definition) is 2. The Morgan fingerprint density at radius 2 is 1.91 bits per heavy atom. The number of pyridine rings is 1. The average molecular weight is 328 g/mol. The van der Waals surface area contributed by atoms with Gasteiger partial charge < -0.3 is 4.43 Å². The molecule has 0 amide bonds. The van der Waals surface area contributed by atoms with Gasteiger partial charge in [0.25, 0.3) is 0 Å². The molecule has 3 rings (SSSR count). The Morgan fingerprint density at radius 1 is 1.22 bits per heavy atom. The van der Waals surface area contributed by atoms with E-state index in [9.17, 15) is 0 Å². The summed E-state index contributed by atoms with van der Waals surface area (Å²) in [6.45, 7) is 12.0. The van der Waals surface area contributed by atoms with E-state index in [1.54, 1.807) is 0 Å². The highest BCUT2D eigenvalue weighted by atomic mass is 28.4. The van der Waals surface area contributed by atoms with E-state index in [1.807, 2.05) is 0 Å².